The SMILES string of the molecule is Br.Br.O=C(NC(=O)C1CCCN(Cc2ccc(CN3CCCC(C(=O)NC(=O)c4ccccc4)C3)cc2)C1)c1ccccc1. The number of carbonyl (C=O) groups is 4. The van der Waals surface area contributed by atoms with Crippen LogP contribution in [-0.2, 0) is 22.7 Å². The number of nitrogens with one attached hydrogen (secondary N) is 2. The van der Waals surface area contributed by atoms with Gasteiger partial charge in [0.05, 0.1) is 11.8 Å². The third-order valence-corrected chi connectivity index (χ3v) is 8.13. The Morgan fingerprint density at radius 1 is 0.568 bits per heavy atom. The zero-order valence-corrected chi connectivity index (χ0v) is 28.1. The summed E-state index contributed by atoms with van der Waals surface area (Å²) >= 11 is 0. The number of hydrogen-bond acceptors (Lipinski definition) is 6. The topological polar surface area (TPSA) is 98.8 Å². The van der Waals surface area contributed by atoms with Gasteiger partial charge in [0.1, 0.15) is 0 Å². The maximum atomic E-state index is 12.8. The van der Waals surface area contributed by atoms with Crippen molar-refractivity contribution in [2.24, 2.45) is 11.8 Å². The highest BCUT2D eigenvalue weighted by molar-refractivity contribution is 8.93. The van der Waals surface area contributed by atoms with Crippen LogP contribution in [0.1, 0.15) is 57.5 Å². The molecule has 44 heavy (non-hydrogen) atoms. The molecule has 2 fully saturated rings. The van der Waals surface area contributed by atoms with Crippen molar-refractivity contribution in [2.75, 3.05) is 26.2 Å². The van der Waals surface area contributed by atoms with E-state index in [0.29, 0.717) is 24.2 Å². The molecule has 0 aromatic heterocycles. The first-order valence-corrected chi connectivity index (χ1v) is 14.8. The molecule has 4 amide bonds. The van der Waals surface area contributed by atoms with Crippen LogP contribution in [0.5, 0.6) is 0 Å². The molecule has 0 radical (unpaired) electrons. The summed E-state index contributed by atoms with van der Waals surface area (Å²) in [7, 11) is 0. The maximum Gasteiger partial charge on any atom is 0.257 e. The summed E-state index contributed by atoms with van der Waals surface area (Å²) in [4.78, 5) is 55.0. The van der Waals surface area contributed by atoms with Crippen LogP contribution in [0.2, 0.25) is 0 Å². The fourth-order valence-corrected chi connectivity index (χ4v) is 5.84. The molecule has 2 aliphatic heterocycles. The molecule has 3 aromatic carbocycles. The molecule has 2 saturated heterocycles. The molecule has 234 valence electrons. The van der Waals surface area contributed by atoms with Crippen molar-refractivity contribution in [1.82, 2.24) is 20.4 Å². The first-order valence-electron chi connectivity index (χ1n) is 14.8. The molecular weight excluding hydrogens is 688 g/mol. The van der Waals surface area contributed by atoms with Gasteiger partial charge in [0.15, 0.2) is 0 Å². The van der Waals surface area contributed by atoms with Gasteiger partial charge in [-0.1, -0.05) is 60.7 Å². The van der Waals surface area contributed by atoms with E-state index < -0.39 is 0 Å². The summed E-state index contributed by atoms with van der Waals surface area (Å²) in [6.45, 7) is 4.58. The highest BCUT2D eigenvalue weighted by Gasteiger charge is 2.28. The van der Waals surface area contributed by atoms with Crippen molar-refractivity contribution in [3.8, 4) is 0 Å². The molecule has 2 heterocycles. The van der Waals surface area contributed by atoms with Crippen LogP contribution in [0.15, 0.2) is 84.9 Å². The molecule has 2 unspecified atom stereocenters. The zero-order chi connectivity index (χ0) is 29.3. The van der Waals surface area contributed by atoms with E-state index in [9.17, 15) is 19.2 Å². The van der Waals surface area contributed by atoms with Gasteiger partial charge in [0.2, 0.25) is 11.8 Å². The van der Waals surface area contributed by atoms with Gasteiger partial charge >= 0.3 is 0 Å². The summed E-state index contributed by atoms with van der Waals surface area (Å²) in [5, 5.41) is 5.14. The van der Waals surface area contributed by atoms with Crippen LogP contribution in [0, 0.1) is 11.8 Å². The van der Waals surface area contributed by atoms with Gasteiger partial charge in [-0.3, -0.25) is 39.6 Å². The molecule has 0 aliphatic carbocycles. The van der Waals surface area contributed by atoms with Crippen LogP contribution < -0.4 is 10.6 Å². The third kappa shape index (κ3) is 9.92. The lowest BCUT2D eigenvalue weighted by atomic mass is 9.96. The molecule has 10 heteroatoms. The molecule has 0 saturated carbocycles. The Labute approximate surface area is 280 Å². The molecule has 3 aromatic rings. The van der Waals surface area contributed by atoms with Crippen molar-refractivity contribution >= 4 is 57.6 Å². The molecule has 8 nitrogen and oxygen atoms in total. The highest BCUT2D eigenvalue weighted by atomic mass is 79.9. The molecule has 2 aliphatic rings. The number of amides is 4. The van der Waals surface area contributed by atoms with E-state index in [1.54, 1.807) is 48.5 Å². The predicted molar refractivity (Wildman–Crippen MR) is 181 cm³/mol. The van der Waals surface area contributed by atoms with Crippen LogP contribution >= 0.6 is 34.0 Å². The monoisotopic (exact) mass is 726 g/mol. The second kappa shape index (κ2) is 17.3. The summed E-state index contributed by atoms with van der Waals surface area (Å²) in [6, 6.07) is 26.1. The number of imide groups is 2. The molecule has 5 rings (SSSR count). The van der Waals surface area contributed by atoms with Crippen LogP contribution in [-0.4, -0.2) is 59.6 Å². The van der Waals surface area contributed by atoms with E-state index in [-0.39, 0.29) is 69.4 Å². The van der Waals surface area contributed by atoms with Gasteiger partial charge in [-0.25, -0.2) is 0 Å². The molecular formula is C34H40Br2N4O4. The van der Waals surface area contributed by atoms with E-state index in [0.717, 1.165) is 51.9 Å². The lowest BCUT2D eigenvalue weighted by Crippen LogP contribution is -2.44. The number of rotatable bonds is 8. The zero-order valence-electron chi connectivity index (χ0n) is 24.7. The van der Waals surface area contributed by atoms with Gasteiger partial charge in [0, 0.05) is 37.3 Å². The number of piperidine rings is 2. The Balaban J connectivity index is 0.00000264. The van der Waals surface area contributed by atoms with Crippen LogP contribution in [0.3, 0.4) is 0 Å². The lowest BCUT2D eigenvalue weighted by Gasteiger charge is -2.32. The second-order valence-electron chi connectivity index (χ2n) is 11.3. The van der Waals surface area contributed by atoms with Crippen molar-refractivity contribution in [2.45, 2.75) is 38.8 Å². The Morgan fingerprint density at radius 2 is 0.932 bits per heavy atom. The summed E-state index contributed by atoms with van der Waals surface area (Å²) < 4.78 is 0. The second-order valence-corrected chi connectivity index (χ2v) is 11.3. The van der Waals surface area contributed by atoms with Gasteiger partial charge < -0.3 is 0 Å². The van der Waals surface area contributed by atoms with Crippen LogP contribution in [0.25, 0.3) is 0 Å². The van der Waals surface area contributed by atoms with E-state index in [4.69, 9.17) is 0 Å². The van der Waals surface area contributed by atoms with E-state index in [1.165, 1.54) is 11.1 Å². The lowest BCUT2D eigenvalue weighted by molar-refractivity contribution is -0.126. The Bertz CT molecular complexity index is 1280. The summed E-state index contributed by atoms with van der Waals surface area (Å²) in [5.74, 6) is -1.54. The predicted octanol–water partition coefficient (Wildman–Crippen LogP) is 5.18. The average molecular weight is 729 g/mol. The Morgan fingerprint density at radius 3 is 1.30 bits per heavy atom. The third-order valence-electron chi connectivity index (χ3n) is 8.13. The van der Waals surface area contributed by atoms with Crippen LogP contribution in [0.4, 0.5) is 0 Å². The number of carbonyl (C=O) groups excluding carboxylic acids is 4. The molecule has 2 atom stereocenters. The quantitative estimate of drug-likeness (QED) is 0.311. The van der Waals surface area contributed by atoms with E-state index in [2.05, 4.69) is 44.7 Å². The van der Waals surface area contributed by atoms with Crippen molar-refractivity contribution in [3.05, 3.63) is 107 Å². The number of hydrogen-bond donors (Lipinski definition) is 2. The molecule has 0 spiro atoms. The van der Waals surface area contributed by atoms with Gasteiger partial charge in [-0.15, -0.1) is 34.0 Å². The average Bonchev–Trinajstić information content (AvgIpc) is 3.03. The summed E-state index contributed by atoms with van der Waals surface area (Å²) in [5.41, 5.74) is 3.33. The Kier molecular flexibility index (Phi) is 13.9. The minimum absolute atomic E-state index is 0. The smallest absolute Gasteiger partial charge is 0.257 e. The Hall–Kier alpha value is -3.18. The first kappa shape index (κ1) is 35.3. The van der Waals surface area contributed by atoms with E-state index >= 15 is 0 Å². The largest absolute Gasteiger partial charge is 0.298 e. The van der Waals surface area contributed by atoms with Crippen molar-refractivity contribution in [1.29, 1.82) is 0 Å². The number of benzene rings is 3. The molecule has 0 bridgehead atoms. The van der Waals surface area contributed by atoms with Gasteiger partial charge in [-0.2, -0.15) is 0 Å². The fraction of sp³-hybridized carbons (Fsp3) is 0.353. The van der Waals surface area contributed by atoms with E-state index in [1.807, 2.05) is 12.1 Å². The number of likely N-dealkylation sites (tertiary alicyclic amines) is 2. The fourth-order valence-electron chi connectivity index (χ4n) is 5.84. The number of nitrogens with zero attached hydrogens (tertiary/aromatic N) is 2. The minimum Gasteiger partial charge on any atom is -0.298 e. The molecule has 2 N–H and O–H groups in total. The van der Waals surface area contributed by atoms with Gasteiger partial charge in [-0.05, 0) is 74.2 Å². The standard InChI is InChI=1S/C34H38N4O4.2BrH/c39-31(27-9-3-1-4-10-27)35-33(41)29-13-7-19-37(23-29)21-25-15-17-26(18-16-25)22-38-20-8-14-30(24-38)34(42)36-32(40)28-11-5-2-6-12-28;;/h1-6,9-12,15-18,29-30H,7-8,13-14,19-24H2,(H,35,39,41)(H,36,40,42);2*1H. The normalized spacial score (nSPS) is 18.6. The minimum atomic E-state index is -0.352. The number of halogens is 2. The first-order chi connectivity index (χ1) is 20.4. The van der Waals surface area contributed by atoms with Gasteiger partial charge in [0.25, 0.3) is 11.8 Å². The van der Waals surface area contributed by atoms with Crippen molar-refractivity contribution < 1.29 is 19.2 Å². The summed E-state index contributed by atoms with van der Waals surface area (Å²) in [6.07, 6.45) is 3.38. The van der Waals surface area contributed by atoms with Crippen molar-refractivity contribution in [3.63, 3.8) is 0 Å². The highest BCUT2D eigenvalue weighted by Crippen LogP contribution is 2.22. The maximum absolute atomic E-state index is 12.8.